The predicted octanol–water partition coefficient (Wildman–Crippen LogP) is 8.89. The summed E-state index contributed by atoms with van der Waals surface area (Å²) >= 11 is 6.95. The number of unbranched alkanes of at least 4 members (excludes halogenated alkanes) is 1. The van der Waals surface area contributed by atoms with Crippen molar-refractivity contribution in [3.8, 4) is 16.9 Å². The molecule has 0 aliphatic heterocycles. The van der Waals surface area contributed by atoms with Crippen LogP contribution in [-0.4, -0.2) is 139 Å². The number of ether oxygens (including phenoxy) is 10. The molecule has 79 heavy (non-hydrogen) atoms. The van der Waals surface area contributed by atoms with E-state index in [1.165, 1.54) is 24.0 Å². The summed E-state index contributed by atoms with van der Waals surface area (Å²) in [7, 11) is 0. The van der Waals surface area contributed by atoms with Gasteiger partial charge in [0.15, 0.2) is 5.60 Å². The molecule has 0 amide bonds. The average Bonchev–Trinajstić information content (AvgIpc) is 4.38. The van der Waals surface area contributed by atoms with Crippen LogP contribution in [0.1, 0.15) is 77.6 Å². The molecule has 7 rings (SSSR count). The first-order valence-electron chi connectivity index (χ1n) is 27.8. The molecule has 1 aliphatic carbocycles. The van der Waals surface area contributed by atoms with Gasteiger partial charge in [-0.15, -0.1) is 5.10 Å². The largest absolute Gasteiger partial charge is 0.494 e. The first kappa shape index (κ1) is 61.0. The fourth-order valence-corrected chi connectivity index (χ4v) is 9.24. The number of carbonyl (C=O) groups is 1. The summed E-state index contributed by atoms with van der Waals surface area (Å²) in [5, 5.41) is 9.01. The van der Waals surface area contributed by atoms with Crippen LogP contribution in [0.15, 0.2) is 128 Å². The monoisotopic (exact) mass is 1110 g/mol. The van der Waals surface area contributed by atoms with Crippen molar-refractivity contribution in [1.82, 2.24) is 15.0 Å². The molecule has 1 fully saturated rings. The summed E-state index contributed by atoms with van der Waals surface area (Å²) in [6.07, 6.45) is 7.17. The normalized spacial score (nSPS) is 13.6. The Hall–Kier alpha value is -5.60. The summed E-state index contributed by atoms with van der Waals surface area (Å²) in [5.41, 5.74) is 19.4. The second kappa shape index (κ2) is 34.5. The molecule has 0 spiro atoms. The molecule has 0 bridgehead atoms. The van der Waals surface area contributed by atoms with Crippen LogP contribution in [0.3, 0.4) is 0 Å². The predicted molar refractivity (Wildman–Crippen MR) is 304 cm³/mol. The first-order valence-corrected chi connectivity index (χ1v) is 28.2. The van der Waals surface area contributed by atoms with Gasteiger partial charge in [-0.05, 0) is 90.5 Å². The number of aryl methyl sites for hydroxylation is 2. The van der Waals surface area contributed by atoms with E-state index in [9.17, 15) is 4.79 Å². The Morgan fingerprint density at radius 1 is 0.658 bits per heavy atom. The second-order valence-electron chi connectivity index (χ2n) is 19.2. The van der Waals surface area contributed by atoms with Crippen molar-refractivity contribution in [2.75, 3.05) is 112 Å². The molecule has 0 radical (unpaired) electrons. The molecule has 1 heterocycles. The van der Waals surface area contributed by atoms with E-state index in [0.29, 0.717) is 142 Å². The molecule has 1 aliphatic rings. The van der Waals surface area contributed by atoms with E-state index in [1.54, 1.807) is 0 Å². The Morgan fingerprint density at radius 3 is 1.81 bits per heavy atom. The summed E-state index contributed by atoms with van der Waals surface area (Å²) < 4.78 is 58.8. The SMILES string of the molecule is CCc1cc(OCCCCn2cc(COCCOCCOCCOCCOCCOCCOCCOCCN)nn2)ccc1-c1ccc(C[C@H](N)C(=O)OC(c2ccccc2)(c2ccc(C3CC3)cc2)c2ccccc2Cl)cc1. The van der Waals surface area contributed by atoms with Crippen molar-refractivity contribution >= 4 is 17.6 Å². The molecule has 17 heteroatoms. The Balaban J connectivity index is 0.746. The van der Waals surface area contributed by atoms with Crippen LogP contribution < -0.4 is 16.2 Å². The molecule has 1 saturated carbocycles. The third-order valence-electron chi connectivity index (χ3n) is 13.3. The molecule has 4 N–H and O–H groups in total. The van der Waals surface area contributed by atoms with Gasteiger partial charge in [0, 0.05) is 34.8 Å². The molecule has 5 aromatic carbocycles. The molecular formula is C62H80ClN5O11. The molecule has 2 atom stereocenters. The van der Waals surface area contributed by atoms with Crippen molar-refractivity contribution < 1.29 is 52.2 Å². The van der Waals surface area contributed by atoms with E-state index in [0.717, 1.165) is 65.1 Å². The summed E-state index contributed by atoms with van der Waals surface area (Å²) in [5.74, 6) is 0.892. The third-order valence-corrected chi connectivity index (χ3v) is 13.6. The number of esters is 1. The van der Waals surface area contributed by atoms with Crippen molar-refractivity contribution in [1.29, 1.82) is 0 Å². The number of carbonyl (C=O) groups excluding carboxylic acids is 1. The van der Waals surface area contributed by atoms with Gasteiger partial charge in [0.2, 0.25) is 0 Å². The smallest absolute Gasteiger partial charge is 0.324 e. The van der Waals surface area contributed by atoms with Crippen molar-refractivity contribution in [3.05, 3.63) is 172 Å². The fraction of sp³-hybridized carbons (Fsp3) is 0.468. The minimum atomic E-state index is -1.32. The Kier molecular flexibility index (Phi) is 26.7. The standard InChI is InChI=1S/C62H80ClN5O11/c1-2-49-45-56(78-28-9-8-27-68-46-55(66-67-68)47-77-43-42-76-41-40-75-39-38-74-37-36-73-35-34-72-33-32-71-31-30-70-29-26-64)24-25-57(49)52-16-14-48(15-17-52)44-60(65)61(69)79-62(53-10-4-3-5-11-53,58-12-6-7-13-59(58)63)54-22-20-51(21-23-54)50-18-19-50/h3-7,10-17,20-25,45-46,50,60H,2,8-9,18-19,26-44,47,64-65H2,1H3/t60-,62?/m0/s1. The highest BCUT2D eigenvalue weighted by Gasteiger charge is 2.43. The number of nitrogens with two attached hydrogens (primary N) is 2. The lowest BCUT2D eigenvalue weighted by Gasteiger charge is -2.36. The van der Waals surface area contributed by atoms with Crippen LogP contribution in [0.25, 0.3) is 11.1 Å². The molecule has 6 aromatic rings. The van der Waals surface area contributed by atoms with E-state index in [2.05, 4.69) is 65.8 Å². The van der Waals surface area contributed by atoms with Crippen molar-refractivity contribution in [2.45, 2.75) is 76.2 Å². The van der Waals surface area contributed by atoms with E-state index < -0.39 is 17.6 Å². The number of rotatable bonds is 41. The maximum Gasteiger partial charge on any atom is 0.324 e. The lowest BCUT2D eigenvalue weighted by molar-refractivity contribution is -0.155. The molecule has 16 nitrogen and oxygen atoms in total. The number of nitrogens with zero attached hydrogens (tertiary/aromatic N) is 3. The van der Waals surface area contributed by atoms with Gasteiger partial charge in [0.1, 0.15) is 17.5 Å². The zero-order valence-corrected chi connectivity index (χ0v) is 46.6. The van der Waals surface area contributed by atoms with Crippen molar-refractivity contribution in [2.24, 2.45) is 11.5 Å². The van der Waals surface area contributed by atoms with Crippen molar-refractivity contribution in [3.63, 3.8) is 0 Å². The van der Waals surface area contributed by atoms with E-state index >= 15 is 0 Å². The maximum absolute atomic E-state index is 14.3. The minimum Gasteiger partial charge on any atom is -0.494 e. The highest BCUT2D eigenvalue weighted by Crippen LogP contribution is 2.46. The average molecular weight is 1110 g/mol. The quantitative estimate of drug-likeness (QED) is 0.0210. The molecule has 0 saturated heterocycles. The topological polar surface area (TPSA) is 192 Å². The summed E-state index contributed by atoms with van der Waals surface area (Å²) in [6.45, 7) is 11.8. The van der Waals surface area contributed by atoms with Gasteiger partial charge >= 0.3 is 5.97 Å². The Bertz CT molecular complexity index is 2640. The number of aromatic nitrogens is 3. The van der Waals surface area contributed by atoms with E-state index in [-0.39, 0.29) is 0 Å². The van der Waals surface area contributed by atoms with Crippen LogP contribution in [-0.2, 0) is 79.0 Å². The van der Waals surface area contributed by atoms with Crippen LogP contribution in [0, 0.1) is 0 Å². The number of benzene rings is 5. The van der Waals surface area contributed by atoms with Gasteiger partial charge < -0.3 is 58.8 Å². The van der Waals surface area contributed by atoms with Crippen LogP contribution >= 0.6 is 11.6 Å². The van der Waals surface area contributed by atoms with E-state index in [4.69, 9.17) is 70.4 Å². The summed E-state index contributed by atoms with van der Waals surface area (Å²) in [6, 6.07) is 39.3. The number of hydrogen-bond acceptors (Lipinski definition) is 15. The second-order valence-corrected chi connectivity index (χ2v) is 19.6. The van der Waals surface area contributed by atoms with Gasteiger partial charge in [0.05, 0.1) is 119 Å². The summed E-state index contributed by atoms with van der Waals surface area (Å²) in [4.78, 5) is 14.3. The lowest BCUT2D eigenvalue weighted by Crippen LogP contribution is -2.43. The van der Waals surface area contributed by atoms with Gasteiger partial charge in [0.25, 0.3) is 0 Å². The Labute approximate surface area is 471 Å². The molecule has 426 valence electrons. The first-order chi connectivity index (χ1) is 38.9. The highest BCUT2D eigenvalue weighted by atomic mass is 35.5. The van der Waals surface area contributed by atoms with Crippen LogP contribution in [0.4, 0.5) is 0 Å². The van der Waals surface area contributed by atoms with Gasteiger partial charge in [-0.3, -0.25) is 9.48 Å². The van der Waals surface area contributed by atoms with Crippen LogP contribution in [0.2, 0.25) is 5.02 Å². The molecular weight excluding hydrogens is 1030 g/mol. The fourth-order valence-electron chi connectivity index (χ4n) is 8.97. The minimum absolute atomic E-state index is 0.295. The van der Waals surface area contributed by atoms with Gasteiger partial charge in [-0.25, -0.2) is 0 Å². The van der Waals surface area contributed by atoms with Crippen LogP contribution in [0.5, 0.6) is 5.75 Å². The third kappa shape index (κ3) is 20.2. The lowest BCUT2D eigenvalue weighted by atomic mass is 9.79. The number of hydrogen-bond donors (Lipinski definition) is 2. The van der Waals surface area contributed by atoms with Gasteiger partial charge in [-0.2, -0.15) is 0 Å². The zero-order valence-electron chi connectivity index (χ0n) is 45.8. The zero-order chi connectivity index (χ0) is 55.2. The maximum atomic E-state index is 14.3. The molecule has 1 unspecified atom stereocenters. The highest BCUT2D eigenvalue weighted by molar-refractivity contribution is 6.31. The van der Waals surface area contributed by atoms with E-state index in [1.807, 2.05) is 83.7 Å². The van der Waals surface area contributed by atoms with Gasteiger partial charge in [-0.1, -0.05) is 127 Å². The molecule has 1 aromatic heterocycles. The Morgan fingerprint density at radius 2 is 1.23 bits per heavy atom. The number of halogens is 1.